The highest BCUT2D eigenvalue weighted by Gasteiger charge is 2.25. The Kier molecular flexibility index (Phi) is 8.55. The number of benzene rings is 2. The number of anilines is 2. The van der Waals surface area contributed by atoms with Crippen molar-refractivity contribution in [1.29, 1.82) is 0 Å². The van der Waals surface area contributed by atoms with E-state index in [1.807, 2.05) is 63.8 Å². The number of halogens is 1. The predicted octanol–water partition coefficient (Wildman–Crippen LogP) is 3.95. The summed E-state index contributed by atoms with van der Waals surface area (Å²) in [5.74, 6) is -1.23. The van der Waals surface area contributed by atoms with Crippen LogP contribution in [0.5, 0.6) is 0 Å². The largest absolute Gasteiger partial charge is 0.368 e. The predicted molar refractivity (Wildman–Crippen MR) is 140 cm³/mol. The number of amides is 4. The topological polar surface area (TPSA) is 85.0 Å². The first kappa shape index (κ1) is 27.0. The Morgan fingerprint density at radius 1 is 1.00 bits per heavy atom. The van der Waals surface area contributed by atoms with Crippen molar-refractivity contribution in [3.8, 4) is 0 Å². The molecule has 1 heterocycles. The lowest BCUT2D eigenvalue weighted by molar-refractivity contribution is -0.117. The number of nitrogens with zero attached hydrogens (tertiary/aromatic N) is 3. The molecule has 194 valence electrons. The second-order valence-electron chi connectivity index (χ2n) is 10.3. The van der Waals surface area contributed by atoms with Gasteiger partial charge in [0.25, 0.3) is 5.91 Å². The lowest BCUT2D eigenvalue weighted by Gasteiger charge is -2.37. The molecule has 3 rings (SSSR count). The molecule has 2 aromatic rings. The first-order valence-corrected chi connectivity index (χ1v) is 12.2. The first-order valence-electron chi connectivity index (χ1n) is 12.2. The highest BCUT2D eigenvalue weighted by atomic mass is 19.1. The molecule has 0 bridgehead atoms. The number of carbonyl (C=O) groups excluding carboxylic acids is 3. The molecule has 2 aromatic carbocycles. The van der Waals surface area contributed by atoms with Gasteiger partial charge in [-0.1, -0.05) is 6.07 Å². The van der Waals surface area contributed by atoms with Crippen molar-refractivity contribution in [2.45, 2.75) is 46.2 Å². The van der Waals surface area contributed by atoms with Crippen LogP contribution < -0.4 is 15.5 Å². The Morgan fingerprint density at radius 2 is 1.64 bits per heavy atom. The molecule has 8 nitrogen and oxygen atoms in total. The molecule has 0 atom stereocenters. The fraction of sp³-hybridized carbons (Fsp3) is 0.444. The van der Waals surface area contributed by atoms with E-state index in [1.54, 1.807) is 0 Å². The van der Waals surface area contributed by atoms with Gasteiger partial charge in [0.05, 0.1) is 0 Å². The Morgan fingerprint density at radius 3 is 2.19 bits per heavy atom. The molecule has 1 aliphatic rings. The van der Waals surface area contributed by atoms with E-state index in [4.69, 9.17) is 0 Å². The number of urea groups is 1. The Labute approximate surface area is 212 Å². The van der Waals surface area contributed by atoms with Crippen molar-refractivity contribution in [2.75, 3.05) is 42.9 Å². The average Bonchev–Trinajstić information content (AvgIpc) is 2.81. The van der Waals surface area contributed by atoms with Crippen molar-refractivity contribution in [2.24, 2.45) is 0 Å². The van der Waals surface area contributed by atoms with E-state index >= 15 is 0 Å². The normalized spacial score (nSPS) is 14.0. The van der Waals surface area contributed by atoms with Crippen LogP contribution in [0.25, 0.3) is 0 Å². The highest BCUT2D eigenvalue weighted by molar-refractivity contribution is 5.99. The quantitative estimate of drug-likeness (QED) is 0.633. The molecule has 1 fully saturated rings. The van der Waals surface area contributed by atoms with E-state index in [0.29, 0.717) is 18.8 Å². The standard InChI is InChI=1S/C27H36FN5O3/c1-19(2)33(25(35)20-7-6-8-21(28)17-20)18-24(34)29-22-9-11-23(12-10-22)31-13-15-32(16-14-31)26(36)30-27(3,4)5/h6-12,17,19H,13-16,18H2,1-5H3,(H,29,34)(H,30,36). The summed E-state index contributed by atoms with van der Waals surface area (Å²) < 4.78 is 13.5. The zero-order chi connectivity index (χ0) is 26.5. The molecular weight excluding hydrogens is 461 g/mol. The van der Waals surface area contributed by atoms with E-state index < -0.39 is 11.7 Å². The van der Waals surface area contributed by atoms with Gasteiger partial charge in [-0.3, -0.25) is 9.59 Å². The number of rotatable bonds is 6. The maximum absolute atomic E-state index is 13.5. The molecule has 0 radical (unpaired) electrons. The van der Waals surface area contributed by atoms with Gasteiger partial charge in [0.15, 0.2) is 0 Å². The zero-order valence-electron chi connectivity index (χ0n) is 21.7. The van der Waals surface area contributed by atoms with Crippen LogP contribution in [0.4, 0.5) is 20.6 Å². The molecule has 0 spiro atoms. The fourth-order valence-corrected chi connectivity index (χ4v) is 3.95. The van der Waals surface area contributed by atoms with E-state index in [1.165, 1.54) is 29.2 Å². The lowest BCUT2D eigenvalue weighted by atomic mass is 10.1. The molecule has 0 aromatic heterocycles. The highest BCUT2D eigenvalue weighted by Crippen LogP contribution is 2.20. The second kappa shape index (κ2) is 11.4. The maximum Gasteiger partial charge on any atom is 0.317 e. The molecular formula is C27H36FN5O3. The average molecular weight is 498 g/mol. The minimum atomic E-state index is -0.497. The van der Waals surface area contributed by atoms with Gasteiger partial charge in [0, 0.05) is 54.7 Å². The van der Waals surface area contributed by atoms with Gasteiger partial charge < -0.3 is 25.3 Å². The summed E-state index contributed by atoms with van der Waals surface area (Å²) in [4.78, 5) is 43.3. The molecule has 0 unspecified atom stereocenters. The van der Waals surface area contributed by atoms with Crippen LogP contribution in [0, 0.1) is 5.82 Å². The monoisotopic (exact) mass is 497 g/mol. The van der Waals surface area contributed by atoms with Crippen LogP contribution in [0.2, 0.25) is 0 Å². The second-order valence-corrected chi connectivity index (χ2v) is 10.3. The molecule has 1 saturated heterocycles. The minimum absolute atomic E-state index is 0.0495. The number of carbonyl (C=O) groups is 3. The van der Waals surface area contributed by atoms with Gasteiger partial charge in [0.1, 0.15) is 12.4 Å². The fourth-order valence-electron chi connectivity index (χ4n) is 3.95. The lowest BCUT2D eigenvalue weighted by Crippen LogP contribution is -2.55. The molecule has 0 aliphatic carbocycles. The summed E-state index contributed by atoms with van der Waals surface area (Å²) in [6.45, 7) is 12.1. The van der Waals surface area contributed by atoms with Gasteiger partial charge in [0.2, 0.25) is 5.91 Å². The van der Waals surface area contributed by atoms with Crippen LogP contribution in [0.3, 0.4) is 0 Å². The van der Waals surface area contributed by atoms with Crippen LogP contribution in [-0.4, -0.2) is 71.9 Å². The number of piperazine rings is 1. The summed E-state index contributed by atoms with van der Waals surface area (Å²) in [7, 11) is 0. The van der Waals surface area contributed by atoms with E-state index in [9.17, 15) is 18.8 Å². The molecule has 36 heavy (non-hydrogen) atoms. The SMILES string of the molecule is CC(C)N(CC(=O)Nc1ccc(N2CCN(C(=O)NC(C)(C)C)CC2)cc1)C(=O)c1cccc(F)c1. The van der Waals surface area contributed by atoms with Gasteiger partial charge in [-0.2, -0.15) is 0 Å². The third-order valence-electron chi connectivity index (χ3n) is 5.83. The smallest absolute Gasteiger partial charge is 0.317 e. The summed E-state index contributed by atoms with van der Waals surface area (Å²) in [5, 5.41) is 5.83. The van der Waals surface area contributed by atoms with Crippen molar-refractivity contribution < 1.29 is 18.8 Å². The van der Waals surface area contributed by atoms with Crippen LogP contribution in [0.15, 0.2) is 48.5 Å². The maximum atomic E-state index is 13.5. The van der Waals surface area contributed by atoms with Crippen molar-refractivity contribution in [3.63, 3.8) is 0 Å². The molecule has 1 aliphatic heterocycles. The van der Waals surface area contributed by atoms with Crippen molar-refractivity contribution in [1.82, 2.24) is 15.1 Å². The van der Waals surface area contributed by atoms with Crippen molar-refractivity contribution >= 4 is 29.2 Å². The van der Waals surface area contributed by atoms with E-state index in [2.05, 4.69) is 15.5 Å². The van der Waals surface area contributed by atoms with Crippen LogP contribution >= 0.6 is 0 Å². The third-order valence-corrected chi connectivity index (χ3v) is 5.83. The van der Waals surface area contributed by atoms with Gasteiger partial charge >= 0.3 is 6.03 Å². The summed E-state index contributed by atoms with van der Waals surface area (Å²) in [6, 6.07) is 12.7. The summed E-state index contributed by atoms with van der Waals surface area (Å²) in [5.41, 5.74) is 1.56. The molecule has 2 N–H and O–H groups in total. The van der Waals surface area contributed by atoms with E-state index in [-0.39, 0.29) is 35.6 Å². The van der Waals surface area contributed by atoms with Crippen LogP contribution in [0.1, 0.15) is 45.0 Å². The van der Waals surface area contributed by atoms with Crippen LogP contribution in [-0.2, 0) is 4.79 Å². The number of hydrogen-bond acceptors (Lipinski definition) is 4. The van der Waals surface area contributed by atoms with Gasteiger partial charge in [-0.05, 0) is 77.1 Å². The molecule has 0 saturated carbocycles. The van der Waals surface area contributed by atoms with E-state index in [0.717, 1.165) is 18.8 Å². The van der Waals surface area contributed by atoms with Gasteiger partial charge in [-0.15, -0.1) is 0 Å². The minimum Gasteiger partial charge on any atom is -0.368 e. The number of hydrogen-bond donors (Lipinski definition) is 2. The summed E-state index contributed by atoms with van der Waals surface area (Å²) >= 11 is 0. The Hall–Kier alpha value is -3.62. The molecule has 9 heteroatoms. The van der Waals surface area contributed by atoms with Crippen molar-refractivity contribution in [3.05, 3.63) is 59.9 Å². The summed E-state index contributed by atoms with van der Waals surface area (Å²) in [6.07, 6.45) is 0. The van der Waals surface area contributed by atoms with Gasteiger partial charge in [-0.25, -0.2) is 9.18 Å². The Balaban J connectivity index is 1.54. The first-order chi connectivity index (χ1) is 16.9. The third kappa shape index (κ3) is 7.44. The number of nitrogens with one attached hydrogen (secondary N) is 2. The zero-order valence-corrected chi connectivity index (χ0v) is 21.7. The Bertz CT molecular complexity index is 1070. The molecule has 4 amide bonds.